The highest BCUT2D eigenvalue weighted by atomic mass is 16.5. The van der Waals surface area contributed by atoms with Crippen molar-refractivity contribution in [1.82, 2.24) is 15.5 Å². The summed E-state index contributed by atoms with van der Waals surface area (Å²) in [7, 11) is 0. The molecule has 1 heterocycles. The van der Waals surface area contributed by atoms with Gasteiger partial charge in [-0.3, -0.25) is 4.79 Å². The van der Waals surface area contributed by atoms with Crippen molar-refractivity contribution in [3.63, 3.8) is 0 Å². The van der Waals surface area contributed by atoms with Crippen LogP contribution in [0.15, 0.2) is 24.3 Å². The van der Waals surface area contributed by atoms with Gasteiger partial charge in [0, 0.05) is 32.6 Å². The monoisotopic (exact) mass is 319 g/mol. The maximum atomic E-state index is 12.2. The fourth-order valence-corrected chi connectivity index (χ4v) is 2.60. The average Bonchev–Trinajstić information content (AvgIpc) is 2.99. The van der Waals surface area contributed by atoms with Gasteiger partial charge >= 0.3 is 6.03 Å². The van der Waals surface area contributed by atoms with E-state index >= 15 is 0 Å². The van der Waals surface area contributed by atoms with Crippen molar-refractivity contribution in [1.29, 1.82) is 0 Å². The molecule has 0 bridgehead atoms. The normalized spacial score (nSPS) is 17.0. The van der Waals surface area contributed by atoms with Crippen LogP contribution in [0.2, 0.25) is 0 Å². The van der Waals surface area contributed by atoms with E-state index in [1.165, 1.54) is 6.92 Å². The summed E-state index contributed by atoms with van der Waals surface area (Å²) in [5.74, 6) is 0.770. The predicted molar refractivity (Wildman–Crippen MR) is 88.3 cm³/mol. The predicted octanol–water partition coefficient (Wildman–Crippen LogP) is 1.90. The summed E-state index contributed by atoms with van der Waals surface area (Å²) < 4.78 is 5.59. The number of nitrogens with zero attached hydrogens (tertiary/aromatic N) is 1. The molecule has 23 heavy (non-hydrogen) atoms. The Bertz CT molecular complexity index is 548. The van der Waals surface area contributed by atoms with Gasteiger partial charge in [0.1, 0.15) is 5.75 Å². The topological polar surface area (TPSA) is 70.7 Å². The molecule has 0 unspecified atom stereocenters. The van der Waals surface area contributed by atoms with E-state index in [9.17, 15) is 9.59 Å². The summed E-state index contributed by atoms with van der Waals surface area (Å²) in [5, 5.41) is 5.77. The molecule has 2 rings (SSSR count). The first-order chi connectivity index (χ1) is 11.1. The van der Waals surface area contributed by atoms with E-state index in [2.05, 4.69) is 17.6 Å². The summed E-state index contributed by atoms with van der Waals surface area (Å²) in [6.45, 7) is 5.93. The molecule has 0 saturated carbocycles. The summed E-state index contributed by atoms with van der Waals surface area (Å²) in [4.78, 5) is 25.0. The average molecular weight is 319 g/mol. The Balaban J connectivity index is 1.79. The summed E-state index contributed by atoms with van der Waals surface area (Å²) in [5.41, 5.74) is 1.00. The Hall–Kier alpha value is -2.24. The smallest absolute Gasteiger partial charge is 0.317 e. The maximum Gasteiger partial charge on any atom is 0.317 e. The van der Waals surface area contributed by atoms with Crippen molar-refractivity contribution < 1.29 is 14.3 Å². The molecule has 2 N–H and O–H groups in total. The minimum atomic E-state index is -0.0993. The lowest BCUT2D eigenvalue weighted by molar-refractivity contribution is -0.119. The number of ether oxygens (including phenoxy) is 1. The zero-order valence-electron chi connectivity index (χ0n) is 13.8. The van der Waals surface area contributed by atoms with Gasteiger partial charge in [-0.2, -0.15) is 0 Å². The van der Waals surface area contributed by atoms with Crippen LogP contribution in [0.25, 0.3) is 0 Å². The first-order valence-corrected chi connectivity index (χ1v) is 8.10. The summed E-state index contributed by atoms with van der Waals surface area (Å²) in [6, 6.07) is 7.71. The van der Waals surface area contributed by atoms with Gasteiger partial charge in [-0.1, -0.05) is 19.1 Å². The number of urea groups is 1. The fourth-order valence-electron chi connectivity index (χ4n) is 2.60. The van der Waals surface area contributed by atoms with Gasteiger partial charge in [0.25, 0.3) is 0 Å². The molecule has 1 aromatic rings. The number of carbonyl (C=O) groups is 2. The Morgan fingerprint density at radius 3 is 2.96 bits per heavy atom. The van der Waals surface area contributed by atoms with Gasteiger partial charge in [0.2, 0.25) is 5.91 Å². The van der Waals surface area contributed by atoms with Crippen LogP contribution in [0.1, 0.15) is 32.3 Å². The van der Waals surface area contributed by atoms with Crippen molar-refractivity contribution in [2.75, 3.05) is 19.7 Å². The molecule has 6 heteroatoms. The van der Waals surface area contributed by atoms with Crippen LogP contribution in [-0.4, -0.2) is 42.6 Å². The summed E-state index contributed by atoms with van der Waals surface area (Å²) in [6.07, 6.45) is 1.76. The first-order valence-electron chi connectivity index (χ1n) is 8.10. The minimum Gasteiger partial charge on any atom is -0.494 e. The molecule has 1 aliphatic rings. The van der Waals surface area contributed by atoms with Crippen LogP contribution in [0.5, 0.6) is 5.75 Å². The molecule has 1 fully saturated rings. The van der Waals surface area contributed by atoms with Gasteiger partial charge in [-0.25, -0.2) is 4.79 Å². The van der Waals surface area contributed by atoms with Gasteiger partial charge in [0.05, 0.1) is 6.61 Å². The van der Waals surface area contributed by atoms with Crippen LogP contribution in [0, 0.1) is 0 Å². The molecule has 1 saturated heterocycles. The number of benzene rings is 1. The molecule has 0 aromatic heterocycles. The minimum absolute atomic E-state index is 0.0545. The van der Waals surface area contributed by atoms with E-state index in [0.29, 0.717) is 26.2 Å². The Kier molecular flexibility index (Phi) is 6.26. The molecule has 0 radical (unpaired) electrons. The molecule has 1 atom stereocenters. The number of amides is 3. The number of likely N-dealkylation sites (tertiary alicyclic amines) is 1. The van der Waals surface area contributed by atoms with Crippen LogP contribution in [0.3, 0.4) is 0 Å². The Morgan fingerprint density at radius 1 is 1.39 bits per heavy atom. The van der Waals surface area contributed by atoms with Crippen LogP contribution >= 0.6 is 0 Å². The number of carbonyl (C=O) groups excluding carboxylic acids is 2. The second kappa shape index (κ2) is 8.41. The zero-order chi connectivity index (χ0) is 16.7. The standard InChI is InChI=1S/C17H25N3O3/c1-3-9-23-16-6-4-5-14(10-16)11-18-17(22)20-8-7-15(12-20)19-13(2)21/h4-6,10,15H,3,7-9,11-12H2,1-2H3,(H,18,22)(H,19,21)/t15-/m1/s1. The second-order valence-electron chi connectivity index (χ2n) is 5.79. The molecule has 3 amide bonds. The molecular weight excluding hydrogens is 294 g/mol. The number of hydrogen-bond donors (Lipinski definition) is 2. The highest BCUT2D eigenvalue weighted by Crippen LogP contribution is 2.14. The summed E-state index contributed by atoms with van der Waals surface area (Å²) >= 11 is 0. The van der Waals surface area contributed by atoms with Gasteiger partial charge in [-0.15, -0.1) is 0 Å². The zero-order valence-corrected chi connectivity index (χ0v) is 13.8. The molecular formula is C17H25N3O3. The SMILES string of the molecule is CCCOc1cccc(CNC(=O)N2CC[C@@H](NC(C)=O)C2)c1. The Morgan fingerprint density at radius 2 is 2.22 bits per heavy atom. The number of nitrogens with one attached hydrogen (secondary N) is 2. The van der Waals surface area contributed by atoms with Crippen molar-refractivity contribution >= 4 is 11.9 Å². The first kappa shape index (κ1) is 17.1. The lowest BCUT2D eigenvalue weighted by atomic mass is 10.2. The number of rotatable bonds is 6. The van der Waals surface area contributed by atoms with Crippen molar-refractivity contribution in [2.45, 2.75) is 39.3 Å². The molecule has 126 valence electrons. The molecule has 0 aliphatic carbocycles. The quantitative estimate of drug-likeness (QED) is 0.841. The third-order valence-corrected chi connectivity index (χ3v) is 3.70. The van der Waals surface area contributed by atoms with E-state index in [0.717, 1.165) is 24.2 Å². The molecule has 1 aliphatic heterocycles. The van der Waals surface area contributed by atoms with Gasteiger partial charge in [-0.05, 0) is 30.5 Å². The fraction of sp³-hybridized carbons (Fsp3) is 0.529. The Labute approximate surface area is 137 Å². The highest BCUT2D eigenvalue weighted by molar-refractivity contribution is 5.75. The van der Waals surface area contributed by atoms with Crippen molar-refractivity contribution in [2.24, 2.45) is 0 Å². The van der Waals surface area contributed by atoms with Gasteiger partial charge < -0.3 is 20.3 Å². The lowest BCUT2D eigenvalue weighted by Crippen LogP contribution is -2.41. The third-order valence-electron chi connectivity index (χ3n) is 3.70. The van der Waals surface area contributed by atoms with Crippen molar-refractivity contribution in [3.05, 3.63) is 29.8 Å². The van der Waals surface area contributed by atoms with Crippen LogP contribution in [-0.2, 0) is 11.3 Å². The van der Waals surface area contributed by atoms with E-state index in [4.69, 9.17) is 4.74 Å². The third kappa shape index (κ3) is 5.47. The lowest BCUT2D eigenvalue weighted by Gasteiger charge is -2.18. The second-order valence-corrected chi connectivity index (χ2v) is 5.79. The van der Waals surface area contributed by atoms with Gasteiger partial charge in [0.15, 0.2) is 0 Å². The van der Waals surface area contributed by atoms with E-state index in [1.807, 2.05) is 24.3 Å². The van der Waals surface area contributed by atoms with E-state index in [-0.39, 0.29) is 18.0 Å². The van der Waals surface area contributed by atoms with Crippen LogP contribution in [0.4, 0.5) is 4.79 Å². The molecule has 1 aromatic carbocycles. The largest absolute Gasteiger partial charge is 0.494 e. The molecule has 0 spiro atoms. The number of hydrogen-bond acceptors (Lipinski definition) is 3. The maximum absolute atomic E-state index is 12.2. The van der Waals surface area contributed by atoms with E-state index in [1.54, 1.807) is 4.90 Å². The molecule has 6 nitrogen and oxygen atoms in total. The highest BCUT2D eigenvalue weighted by Gasteiger charge is 2.26. The van der Waals surface area contributed by atoms with Crippen molar-refractivity contribution in [3.8, 4) is 5.75 Å². The van der Waals surface area contributed by atoms with Crippen LogP contribution < -0.4 is 15.4 Å². The van der Waals surface area contributed by atoms with E-state index < -0.39 is 0 Å².